The van der Waals surface area contributed by atoms with E-state index in [2.05, 4.69) is 25.0 Å². The number of carbonyl (C=O) groups is 2. The van der Waals surface area contributed by atoms with Crippen molar-refractivity contribution >= 4 is 23.0 Å². The van der Waals surface area contributed by atoms with Gasteiger partial charge in [0.1, 0.15) is 11.2 Å². The zero-order chi connectivity index (χ0) is 15.5. The molecule has 1 aliphatic rings. The highest BCUT2D eigenvalue weighted by atomic mass is 16.5. The van der Waals surface area contributed by atoms with Gasteiger partial charge in [-0.1, -0.05) is 0 Å². The van der Waals surface area contributed by atoms with Crippen molar-refractivity contribution in [2.24, 2.45) is 5.92 Å². The Morgan fingerprint density at radius 1 is 1.55 bits per heavy atom. The SMILES string of the molecule is COC(=O)C1COC(CNC(=O)c2cnc3[nH]ccc3n2)C1. The molecule has 2 aromatic heterocycles. The van der Waals surface area contributed by atoms with Crippen LogP contribution in [0.25, 0.3) is 11.2 Å². The zero-order valence-electron chi connectivity index (χ0n) is 12.0. The van der Waals surface area contributed by atoms with Crippen LogP contribution in [0.1, 0.15) is 16.9 Å². The third kappa shape index (κ3) is 2.91. The van der Waals surface area contributed by atoms with Gasteiger partial charge in [-0.25, -0.2) is 9.97 Å². The number of ether oxygens (including phenoxy) is 2. The van der Waals surface area contributed by atoms with Crippen molar-refractivity contribution < 1.29 is 19.1 Å². The largest absolute Gasteiger partial charge is 0.469 e. The van der Waals surface area contributed by atoms with E-state index in [1.54, 1.807) is 12.3 Å². The van der Waals surface area contributed by atoms with E-state index >= 15 is 0 Å². The Kier molecular flexibility index (Phi) is 4.01. The molecule has 2 N–H and O–H groups in total. The molecule has 116 valence electrons. The Hall–Kier alpha value is -2.48. The molecule has 3 rings (SSSR count). The number of fused-ring (bicyclic) bond motifs is 1. The summed E-state index contributed by atoms with van der Waals surface area (Å²) >= 11 is 0. The van der Waals surface area contributed by atoms with E-state index in [1.807, 2.05) is 0 Å². The van der Waals surface area contributed by atoms with Gasteiger partial charge in [0, 0.05) is 12.7 Å². The van der Waals surface area contributed by atoms with E-state index in [9.17, 15) is 9.59 Å². The van der Waals surface area contributed by atoms with Crippen LogP contribution in [0, 0.1) is 5.92 Å². The Morgan fingerprint density at radius 3 is 3.23 bits per heavy atom. The van der Waals surface area contributed by atoms with Crippen LogP contribution in [-0.4, -0.2) is 53.2 Å². The Labute approximate surface area is 126 Å². The molecule has 0 aliphatic carbocycles. The molecule has 3 heterocycles. The van der Waals surface area contributed by atoms with Crippen LogP contribution in [0.3, 0.4) is 0 Å². The van der Waals surface area contributed by atoms with E-state index < -0.39 is 0 Å². The fourth-order valence-electron chi connectivity index (χ4n) is 2.42. The molecule has 0 bridgehead atoms. The summed E-state index contributed by atoms with van der Waals surface area (Å²) in [6.07, 6.45) is 3.47. The lowest BCUT2D eigenvalue weighted by Crippen LogP contribution is -2.32. The highest BCUT2D eigenvalue weighted by Crippen LogP contribution is 2.20. The minimum Gasteiger partial charge on any atom is -0.469 e. The monoisotopic (exact) mass is 304 g/mol. The van der Waals surface area contributed by atoms with E-state index in [0.717, 1.165) is 0 Å². The van der Waals surface area contributed by atoms with Crippen molar-refractivity contribution in [2.45, 2.75) is 12.5 Å². The highest BCUT2D eigenvalue weighted by molar-refractivity contribution is 5.93. The second-order valence-corrected chi connectivity index (χ2v) is 5.09. The van der Waals surface area contributed by atoms with Crippen molar-refractivity contribution in [1.29, 1.82) is 0 Å². The van der Waals surface area contributed by atoms with Gasteiger partial charge in [-0.2, -0.15) is 0 Å². The van der Waals surface area contributed by atoms with Crippen LogP contribution in [-0.2, 0) is 14.3 Å². The number of methoxy groups -OCH3 is 1. The lowest BCUT2D eigenvalue weighted by atomic mass is 10.1. The number of nitrogens with one attached hydrogen (secondary N) is 2. The number of hydrogen-bond acceptors (Lipinski definition) is 6. The van der Waals surface area contributed by atoms with Gasteiger partial charge < -0.3 is 19.8 Å². The maximum atomic E-state index is 12.1. The molecular weight excluding hydrogens is 288 g/mol. The van der Waals surface area contributed by atoms with Crippen LogP contribution < -0.4 is 5.32 Å². The number of H-pyrrole nitrogens is 1. The van der Waals surface area contributed by atoms with Crippen LogP contribution in [0.2, 0.25) is 0 Å². The van der Waals surface area contributed by atoms with Crippen LogP contribution >= 0.6 is 0 Å². The number of nitrogens with zero attached hydrogens (tertiary/aromatic N) is 2. The summed E-state index contributed by atoms with van der Waals surface area (Å²) in [7, 11) is 1.35. The first-order valence-electron chi connectivity index (χ1n) is 6.95. The summed E-state index contributed by atoms with van der Waals surface area (Å²) in [5.74, 6) is -0.860. The van der Waals surface area contributed by atoms with E-state index in [1.165, 1.54) is 13.3 Å². The van der Waals surface area contributed by atoms with Gasteiger partial charge in [0.05, 0.1) is 31.9 Å². The molecule has 2 unspecified atom stereocenters. The quantitative estimate of drug-likeness (QED) is 0.785. The summed E-state index contributed by atoms with van der Waals surface area (Å²) in [6, 6.07) is 1.75. The standard InChI is InChI=1S/C14H16N4O4/c1-21-14(20)8-4-9(22-7-8)5-17-13(19)11-6-16-12-10(18-11)2-3-15-12/h2-3,6,8-9H,4-5,7H2,1H3,(H,15,16)(H,17,19). The van der Waals surface area contributed by atoms with Gasteiger partial charge in [0.2, 0.25) is 0 Å². The van der Waals surface area contributed by atoms with Gasteiger partial charge in [-0.05, 0) is 12.5 Å². The van der Waals surface area contributed by atoms with Crippen molar-refractivity contribution in [3.05, 3.63) is 24.2 Å². The van der Waals surface area contributed by atoms with Gasteiger partial charge in [0.25, 0.3) is 5.91 Å². The molecule has 8 nitrogen and oxygen atoms in total. The molecule has 2 atom stereocenters. The molecule has 22 heavy (non-hydrogen) atoms. The van der Waals surface area contributed by atoms with Crippen molar-refractivity contribution in [2.75, 3.05) is 20.3 Å². The number of aromatic nitrogens is 3. The van der Waals surface area contributed by atoms with Crippen LogP contribution in [0.4, 0.5) is 0 Å². The Balaban J connectivity index is 1.55. The molecule has 8 heteroatoms. The Bertz CT molecular complexity index is 699. The molecule has 1 fully saturated rings. The number of amides is 1. The second kappa shape index (κ2) is 6.10. The Morgan fingerprint density at radius 2 is 2.41 bits per heavy atom. The maximum absolute atomic E-state index is 12.1. The van der Waals surface area contributed by atoms with Crippen LogP contribution in [0.15, 0.2) is 18.5 Å². The topological polar surface area (TPSA) is 106 Å². The van der Waals surface area contributed by atoms with Crippen molar-refractivity contribution in [3.8, 4) is 0 Å². The molecule has 1 aliphatic heterocycles. The molecule has 0 aromatic carbocycles. The molecule has 0 spiro atoms. The lowest BCUT2D eigenvalue weighted by molar-refractivity contribution is -0.145. The predicted octanol–water partition coefficient (Wildman–Crippen LogP) is 0.266. The molecule has 2 aromatic rings. The average Bonchev–Trinajstić information content (AvgIpc) is 3.19. The summed E-state index contributed by atoms with van der Waals surface area (Å²) in [4.78, 5) is 34.7. The molecule has 1 saturated heterocycles. The fraction of sp³-hybridized carbons (Fsp3) is 0.429. The second-order valence-electron chi connectivity index (χ2n) is 5.09. The molecular formula is C14H16N4O4. The third-order valence-electron chi connectivity index (χ3n) is 3.60. The maximum Gasteiger partial charge on any atom is 0.311 e. The van der Waals surface area contributed by atoms with E-state index in [4.69, 9.17) is 4.74 Å². The minimum atomic E-state index is -0.319. The zero-order valence-corrected chi connectivity index (χ0v) is 12.0. The minimum absolute atomic E-state index is 0.197. The number of carbonyl (C=O) groups excluding carboxylic acids is 2. The van der Waals surface area contributed by atoms with Crippen molar-refractivity contribution in [3.63, 3.8) is 0 Å². The first kappa shape index (κ1) is 14.5. The first-order chi connectivity index (χ1) is 10.7. The fourth-order valence-corrected chi connectivity index (χ4v) is 2.42. The molecule has 0 saturated carbocycles. The highest BCUT2D eigenvalue weighted by Gasteiger charge is 2.31. The van der Waals surface area contributed by atoms with Gasteiger partial charge in [-0.3, -0.25) is 9.59 Å². The van der Waals surface area contributed by atoms with Crippen molar-refractivity contribution in [1.82, 2.24) is 20.3 Å². The average molecular weight is 304 g/mol. The smallest absolute Gasteiger partial charge is 0.311 e. The first-order valence-corrected chi connectivity index (χ1v) is 6.95. The van der Waals surface area contributed by atoms with E-state index in [-0.39, 0.29) is 29.6 Å². The number of esters is 1. The van der Waals surface area contributed by atoms with E-state index in [0.29, 0.717) is 30.7 Å². The molecule has 1 amide bonds. The summed E-state index contributed by atoms with van der Waals surface area (Å²) in [5, 5.41) is 2.75. The summed E-state index contributed by atoms with van der Waals surface area (Å²) < 4.78 is 10.2. The lowest BCUT2D eigenvalue weighted by Gasteiger charge is -2.10. The summed E-state index contributed by atoms with van der Waals surface area (Å²) in [5.41, 5.74) is 1.52. The molecule has 0 radical (unpaired) electrons. The third-order valence-corrected chi connectivity index (χ3v) is 3.60. The normalized spacial score (nSPS) is 21.0. The number of aromatic amines is 1. The number of rotatable bonds is 4. The predicted molar refractivity (Wildman–Crippen MR) is 76.1 cm³/mol. The van der Waals surface area contributed by atoms with Crippen LogP contribution in [0.5, 0.6) is 0 Å². The summed E-state index contributed by atoms with van der Waals surface area (Å²) in [6.45, 7) is 0.640. The van der Waals surface area contributed by atoms with Gasteiger partial charge in [-0.15, -0.1) is 0 Å². The van der Waals surface area contributed by atoms with Gasteiger partial charge >= 0.3 is 5.97 Å². The van der Waals surface area contributed by atoms with Gasteiger partial charge in [0.15, 0.2) is 5.65 Å². The number of hydrogen-bond donors (Lipinski definition) is 2.